The van der Waals surface area contributed by atoms with E-state index in [-0.39, 0.29) is 16.1 Å². The van der Waals surface area contributed by atoms with Crippen molar-refractivity contribution in [2.75, 3.05) is 0 Å². The van der Waals surface area contributed by atoms with Crippen molar-refractivity contribution in [1.82, 2.24) is 0 Å². The van der Waals surface area contributed by atoms with Gasteiger partial charge >= 0.3 is 0 Å². The minimum Gasteiger partial charge on any atom is -0.325 e. The molecule has 0 bridgehead atoms. The Morgan fingerprint density at radius 2 is 1.94 bits per heavy atom. The molecule has 86 valence electrons. The molecule has 2 rings (SSSR count). The van der Waals surface area contributed by atoms with Gasteiger partial charge in [-0.1, -0.05) is 31.0 Å². The first-order chi connectivity index (χ1) is 7.61. The average Bonchev–Trinajstić information content (AvgIpc) is 2.65. The Morgan fingerprint density at radius 1 is 1.31 bits per heavy atom. The molecule has 1 aliphatic carbocycles. The number of para-hydroxylation sites is 1. The largest absolute Gasteiger partial charge is 0.325 e. The second-order valence-corrected chi connectivity index (χ2v) is 4.63. The maximum Gasteiger partial charge on any atom is 0.272 e. The van der Waals surface area contributed by atoms with Crippen LogP contribution in [0, 0.1) is 10.1 Å². The fourth-order valence-corrected chi connectivity index (χ4v) is 2.47. The Bertz CT molecular complexity index is 398. The van der Waals surface area contributed by atoms with Gasteiger partial charge in [0, 0.05) is 17.2 Å². The third kappa shape index (κ3) is 2.22. The number of nitro groups is 1. The van der Waals surface area contributed by atoms with Gasteiger partial charge in [-0.3, -0.25) is 10.1 Å². The molecule has 16 heavy (non-hydrogen) atoms. The van der Waals surface area contributed by atoms with Gasteiger partial charge in [-0.2, -0.15) is 0 Å². The van der Waals surface area contributed by atoms with E-state index in [0.717, 1.165) is 31.2 Å². The van der Waals surface area contributed by atoms with E-state index in [1.54, 1.807) is 12.1 Å². The lowest BCUT2D eigenvalue weighted by molar-refractivity contribution is -0.385. The molecule has 0 saturated heterocycles. The van der Waals surface area contributed by atoms with E-state index in [0.29, 0.717) is 6.42 Å². The number of hydrogen-bond acceptors (Lipinski definition) is 3. The van der Waals surface area contributed by atoms with Gasteiger partial charge in [-0.25, -0.2) is 0 Å². The first kappa shape index (κ1) is 11.1. The summed E-state index contributed by atoms with van der Waals surface area (Å²) in [5.41, 5.74) is 6.96. The lowest BCUT2D eigenvalue weighted by Crippen LogP contribution is -2.38. The Balaban J connectivity index is 2.23. The third-order valence-electron chi connectivity index (χ3n) is 3.33. The van der Waals surface area contributed by atoms with Crippen LogP contribution in [-0.4, -0.2) is 10.5 Å². The predicted octanol–water partition coefficient (Wildman–Crippen LogP) is 2.41. The molecule has 1 fully saturated rings. The topological polar surface area (TPSA) is 69.2 Å². The van der Waals surface area contributed by atoms with Crippen molar-refractivity contribution in [1.29, 1.82) is 0 Å². The van der Waals surface area contributed by atoms with Crippen molar-refractivity contribution >= 4 is 5.69 Å². The van der Waals surface area contributed by atoms with Crippen LogP contribution in [-0.2, 0) is 6.42 Å². The minimum atomic E-state index is -0.326. The van der Waals surface area contributed by atoms with Gasteiger partial charge in [0.15, 0.2) is 0 Å². The van der Waals surface area contributed by atoms with Crippen LogP contribution >= 0.6 is 0 Å². The van der Waals surface area contributed by atoms with Crippen molar-refractivity contribution in [3.05, 3.63) is 39.9 Å². The molecule has 4 nitrogen and oxygen atoms in total. The van der Waals surface area contributed by atoms with Gasteiger partial charge < -0.3 is 5.73 Å². The van der Waals surface area contributed by atoms with Crippen molar-refractivity contribution < 1.29 is 4.92 Å². The van der Waals surface area contributed by atoms with Crippen molar-refractivity contribution in [2.24, 2.45) is 5.73 Å². The second kappa shape index (κ2) is 4.22. The Kier molecular flexibility index (Phi) is 2.92. The number of nitrogens with two attached hydrogens (primary N) is 1. The van der Waals surface area contributed by atoms with Crippen LogP contribution in [0.1, 0.15) is 31.2 Å². The van der Waals surface area contributed by atoms with Gasteiger partial charge in [0.05, 0.1) is 4.92 Å². The van der Waals surface area contributed by atoms with Crippen molar-refractivity contribution in [2.45, 2.75) is 37.6 Å². The molecule has 0 radical (unpaired) electrons. The van der Waals surface area contributed by atoms with Gasteiger partial charge in [-0.15, -0.1) is 0 Å². The fourth-order valence-electron chi connectivity index (χ4n) is 2.47. The van der Waals surface area contributed by atoms with Crippen molar-refractivity contribution in [3.8, 4) is 0 Å². The van der Waals surface area contributed by atoms with Crippen LogP contribution in [0.15, 0.2) is 24.3 Å². The Morgan fingerprint density at radius 3 is 2.56 bits per heavy atom. The second-order valence-electron chi connectivity index (χ2n) is 4.63. The maximum absolute atomic E-state index is 10.9. The van der Waals surface area contributed by atoms with E-state index < -0.39 is 0 Å². The lowest BCUT2D eigenvalue weighted by atomic mass is 9.90. The zero-order chi connectivity index (χ0) is 11.6. The molecule has 1 aromatic rings. The molecule has 2 N–H and O–H groups in total. The minimum absolute atomic E-state index is 0.194. The summed E-state index contributed by atoms with van der Waals surface area (Å²) >= 11 is 0. The summed E-state index contributed by atoms with van der Waals surface area (Å²) in [4.78, 5) is 10.5. The normalized spacial score (nSPS) is 18.6. The first-order valence-electron chi connectivity index (χ1n) is 5.62. The van der Waals surface area contributed by atoms with Crippen LogP contribution in [0.4, 0.5) is 5.69 Å². The molecule has 4 heteroatoms. The average molecular weight is 220 g/mol. The quantitative estimate of drug-likeness (QED) is 0.628. The van der Waals surface area contributed by atoms with E-state index in [9.17, 15) is 10.1 Å². The molecule has 0 unspecified atom stereocenters. The molecule has 1 aromatic carbocycles. The Labute approximate surface area is 94.6 Å². The van der Waals surface area contributed by atoms with Gasteiger partial charge in [0.25, 0.3) is 5.69 Å². The van der Waals surface area contributed by atoms with Crippen LogP contribution in [0.25, 0.3) is 0 Å². The zero-order valence-corrected chi connectivity index (χ0v) is 9.19. The number of nitro benzene ring substituents is 1. The molecule has 1 saturated carbocycles. The molecule has 0 aromatic heterocycles. The number of nitrogens with zero attached hydrogens (tertiary/aromatic N) is 1. The van der Waals surface area contributed by atoms with E-state index in [1.165, 1.54) is 0 Å². The van der Waals surface area contributed by atoms with E-state index in [1.807, 2.05) is 12.1 Å². The highest BCUT2D eigenvalue weighted by atomic mass is 16.6. The Hall–Kier alpha value is -1.42. The van der Waals surface area contributed by atoms with Crippen LogP contribution in [0.3, 0.4) is 0 Å². The summed E-state index contributed by atoms with van der Waals surface area (Å²) in [7, 11) is 0. The molecule has 0 amide bonds. The number of hydrogen-bond donors (Lipinski definition) is 1. The van der Waals surface area contributed by atoms with Crippen LogP contribution in [0.5, 0.6) is 0 Å². The highest BCUT2D eigenvalue weighted by molar-refractivity contribution is 5.41. The molecule has 0 heterocycles. The summed E-state index contributed by atoms with van der Waals surface area (Å²) in [6.07, 6.45) is 4.83. The van der Waals surface area contributed by atoms with Gasteiger partial charge in [0.1, 0.15) is 0 Å². The van der Waals surface area contributed by atoms with Gasteiger partial charge in [-0.05, 0) is 19.3 Å². The number of benzene rings is 1. The van der Waals surface area contributed by atoms with E-state index in [4.69, 9.17) is 5.73 Å². The highest BCUT2D eigenvalue weighted by Crippen LogP contribution is 2.32. The van der Waals surface area contributed by atoms with Gasteiger partial charge in [0.2, 0.25) is 0 Å². The standard InChI is InChI=1S/C12H16N2O2/c13-12(7-3-4-8-12)9-10-5-1-2-6-11(10)14(15)16/h1-2,5-6H,3-4,7-9,13H2. The summed E-state index contributed by atoms with van der Waals surface area (Å²) in [5.74, 6) is 0. The van der Waals surface area contributed by atoms with Crippen LogP contribution < -0.4 is 5.73 Å². The summed E-state index contributed by atoms with van der Waals surface area (Å²) in [5, 5.41) is 10.9. The molecular weight excluding hydrogens is 204 g/mol. The molecule has 0 spiro atoms. The van der Waals surface area contributed by atoms with E-state index in [2.05, 4.69) is 0 Å². The van der Waals surface area contributed by atoms with Crippen molar-refractivity contribution in [3.63, 3.8) is 0 Å². The molecular formula is C12H16N2O2. The maximum atomic E-state index is 10.9. The molecule has 1 aliphatic rings. The first-order valence-corrected chi connectivity index (χ1v) is 5.62. The monoisotopic (exact) mass is 220 g/mol. The molecule has 0 atom stereocenters. The molecule has 0 aliphatic heterocycles. The third-order valence-corrected chi connectivity index (χ3v) is 3.33. The fraction of sp³-hybridized carbons (Fsp3) is 0.500. The van der Waals surface area contributed by atoms with E-state index >= 15 is 0 Å². The smallest absolute Gasteiger partial charge is 0.272 e. The lowest BCUT2D eigenvalue weighted by Gasteiger charge is -2.23. The summed E-state index contributed by atoms with van der Waals surface area (Å²) < 4.78 is 0. The zero-order valence-electron chi connectivity index (χ0n) is 9.19. The van der Waals surface area contributed by atoms with Crippen LogP contribution in [0.2, 0.25) is 0 Å². The summed E-state index contributed by atoms with van der Waals surface area (Å²) in [6, 6.07) is 6.89. The predicted molar refractivity (Wildman–Crippen MR) is 62.2 cm³/mol. The summed E-state index contributed by atoms with van der Waals surface area (Å²) in [6.45, 7) is 0. The highest BCUT2D eigenvalue weighted by Gasteiger charge is 2.31. The number of rotatable bonds is 3. The SMILES string of the molecule is NC1(Cc2ccccc2[N+](=O)[O-])CCCC1.